The van der Waals surface area contributed by atoms with Gasteiger partial charge in [0.2, 0.25) is 10.0 Å². The summed E-state index contributed by atoms with van der Waals surface area (Å²) in [5.41, 5.74) is 2.99. The molecule has 0 aliphatic carbocycles. The molecule has 22 heavy (non-hydrogen) atoms. The first kappa shape index (κ1) is 16.5. The van der Waals surface area contributed by atoms with E-state index in [1.54, 1.807) is 0 Å². The van der Waals surface area contributed by atoms with Crippen molar-refractivity contribution in [3.8, 4) is 5.75 Å². The summed E-state index contributed by atoms with van der Waals surface area (Å²) in [7, 11) is -3.34. The molecule has 4 nitrogen and oxygen atoms in total. The smallest absolute Gasteiger partial charge is 0.215 e. The molecule has 0 radical (unpaired) electrons. The zero-order chi connectivity index (χ0) is 16.0. The Morgan fingerprint density at radius 2 is 1.73 bits per heavy atom. The minimum absolute atomic E-state index is 0.0147. The number of rotatable bonds is 7. The molecule has 0 aliphatic rings. The summed E-state index contributed by atoms with van der Waals surface area (Å²) in [4.78, 5) is 0. The van der Waals surface area contributed by atoms with Crippen molar-refractivity contribution in [2.45, 2.75) is 19.6 Å². The third-order valence-electron chi connectivity index (χ3n) is 3.15. The standard InChI is InChI=1S/C17H21NO3S/c1-14-6-8-17(9-7-14)21-11-10-18-22(19,20)13-16-5-3-4-15(2)12-16/h3-9,12,18H,10-11,13H2,1-2H3. The second-order valence-corrected chi connectivity index (χ2v) is 7.11. The quantitative estimate of drug-likeness (QED) is 0.799. The van der Waals surface area contributed by atoms with Crippen molar-refractivity contribution in [2.75, 3.05) is 13.2 Å². The number of ether oxygens (including phenoxy) is 1. The van der Waals surface area contributed by atoms with E-state index in [1.165, 1.54) is 0 Å². The van der Waals surface area contributed by atoms with Crippen LogP contribution in [0.5, 0.6) is 5.75 Å². The van der Waals surface area contributed by atoms with Crippen molar-refractivity contribution in [2.24, 2.45) is 0 Å². The van der Waals surface area contributed by atoms with Gasteiger partial charge in [0.1, 0.15) is 12.4 Å². The highest BCUT2D eigenvalue weighted by Gasteiger charge is 2.10. The van der Waals surface area contributed by atoms with Crippen LogP contribution in [0.15, 0.2) is 48.5 Å². The molecule has 0 heterocycles. The molecule has 5 heteroatoms. The Morgan fingerprint density at radius 1 is 1.00 bits per heavy atom. The zero-order valence-electron chi connectivity index (χ0n) is 12.9. The summed E-state index contributed by atoms with van der Waals surface area (Å²) in [6.07, 6.45) is 0. The first-order chi connectivity index (χ1) is 10.4. The summed E-state index contributed by atoms with van der Waals surface area (Å²) < 4.78 is 32.1. The van der Waals surface area contributed by atoms with Crippen LogP contribution in [-0.2, 0) is 15.8 Å². The highest BCUT2D eigenvalue weighted by molar-refractivity contribution is 7.88. The third kappa shape index (κ3) is 5.50. The Labute approximate surface area is 132 Å². The summed E-state index contributed by atoms with van der Waals surface area (Å²) >= 11 is 0. The van der Waals surface area contributed by atoms with Crippen LogP contribution in [0.2, 0.25) is 0 Å². The molecule has 0 atom stereocenters. The molecular formula is C17H21NO3S. The highest BCUT2D eigenvalue weighted by Crippen LogP contribution is 2.11. The van der Waals surface area contributed by atoms with E-state index < -0.39 is 10.0 Å². The van der Waals surface area contributed by atoms with Gasteiger partial charge in [-0.05, 0) is 31.5 Å². The van der Waals surface area contributed by atoms with Crippen LogP contribution in [-0.4, -0.2) is 21.6 Å². The van der Waals surface area contributed by atoms with E-state index >= 15 is 0 Å². The van der Waals surface area contributed by atoms with Crippen LogP contribution in [0.1, 0.15) is 16.7 Å². The molecule has 0 bridgehead atoms. The molecule has 0 unspecified atom stereocenters. The van der Waals surface area contributed by atoms with Gasteiger partial charge in [-0.2, -0.15) is 0 Å². The molecule has 118 valence electrons. The molecule has 1 N–H and O–H groups in total. The van der Waals surface area contributed by atoms with Crippen LogP contribution in [0.4, 0.5) is 0 Å². The Kier molecular flexibility index (Phi) is 5.57. The monoisotopic (exact) mass is 319 g/mol. The van der Waals surface area contributed by atoms with Gasteiger partial charge in [0.05, 0.1) is 5.75 Å². The average molecular weight is 319 g/mol. The maximum absolute atomic E-state index is 12.0. The first-order valence-electron chi connectivity index (χ1n) is 7.17. The topological polar surface area (TPSA) is 55.4 Å². The molecule has 2 rings (SSSR count). The summed E-state index contributed by atoms with van der Waals surface area (Å²) in [6.45, 7) is 4.50. The number of nitrogens with one attached hydrogen (secondary N) is 1. The largest absolute Gasteiger partial charge is 0.492 e. The maximum atomic E-state index is 12.0. The van der Waals surface area contributed by atoms with Crippen LogP contribution in [0.25, 0.3) is 0 Å². The Morgan fingerprint density at radius 3 is 2.41 bits per heavy atom. The van der Waals surface area contributed by atoms with E-state index in [-0.39, 0.29) is 12.3 Å². The van der Waals surface area contributed by atoms with E-state index in [4.69, 9.17) is 4.74 Å². The second kappa shape index (κ2) is 7.42. The van der Waals surface area contributed by atoms with Crippen molar-refractivity contribution < 1.29 is 13.2 Å². The van der Waals surface area contributed by atoms with Gasteiger partial charge < -0.3 is 4.74 Å². The minimum atomic E-state index is -3.34. The molecular weight excluding hydrogens is 298 g/mol. The summed E-state index contributed by atoms with van der Waals surface area (Å²) in [5, 5.41) is 0. The molecule has 0 aliphatic heterocycles. The van der Waals surface area contributed by atoms with Crippen molar-refractivity contribution in [1.82, 2.24) is 4.72 Å². The van der Waals surface area contributed by atoms with E-state index in [1.807, 2.05) is 62.4 Å². The second-order valence-electron chi connectivity index (χ2n) is 5.30. The van der Waals surface area contributed by atoms with E-state index in [2.05, 4.69) is 4.72 Å². The Hall–Kier alpha value is -1.85. The van der Waals surface area contributed by atoms with Gasteiger partial charge >= 0.3 is 0 Å². The molecule has 0 aromatic heterocycles. The lowest BCUT2D eigenvalue weighted by atomic mass is 10.2. The van der Waals surface area contributed by atoms with E-state index in [9.17, 15) is 8.42 Å². The fraction of sp³-hybridized carbons (Fsp3) is 0.294. The minimum Gasteiger partial charge on any atom is -0.492 e. The predicted molar refractivity (Wildman–Crippen MR) is 88.5 cm³/mol. The zero-order valence-corrected chi connectivity index (χ0v) is 13.7. The Bertz CT molecular complexity index is 709. The molecule has 0 amide bonds. The molecule has 2 aromatic carbocycles. The van der Waals surface area contributed by atoms with Crippen LogP contribution in [0.3, 0.4) is 0 Å². The number of benzene rings is 2. The number of hydrogen-bond acceptors (Lipinski definition) is 3. The van der Waals surface area contributed by atoms with Gasteiger partial charge in [-0.1, -0.05) is 47.5 Å². The number of hydrogen-bond donors (Lipinski definition) is 1. The van der Waals surface area contributed by atoms with E-state index in [0.717, 1.165) is 22.4 Å². The van der Waals surface area contributed by atoms with Gasteiger partial charge in [0.15, 0.2) is 0 Å². The fourth-order valence-corrected chi connectivity index (χ4v) is 3.19. The van der Waals surface area contributed by atoms with E-state index in [0.29, 0.717) is 6.61 Å². The van der Waals surface area contributed by atoms with Crippen LogP contribution in [0, 0.1) is 13.8 Å². The fourth-order valence-electron chi connectivity index (χ4n) is 2.07. The molecule has 0 saturated heterocycles. The predicted octanol–water partition coefficient (Wildman–Crippen LogP) is 2.80. The average Bonchev–Trinajstić information content (AvgIpc) is 2.45. The van der Waals surface area contributed by atoms with Gasteiger partial charge in [-0.3, -0.25) is 0 Å². The van der Waals surface area contributed by atoms with Gasteiger partial charge in [-0.15, -0.1) is 0 Å². The van der Waals surface area contributed by atoms with Crippen molar-refractivity contribution >= 4 is 10.0 Å². The van der Waals surface area contributed by atoms with Gasteiger partial charge in [0.25, 0.3) is 0 Å². The van der Waals surface area contributed by atoms with Crippen LogP contribution < -0.4 is 9.46 Å². The molecule has 0 saturated carbocycles. The van der Waals surface area contributed by atoms with Crippen molar-refractivity contribution in [3.63, 3.8) is 0 Å². The lowest BCUT2D eigenvalue weighted by Gasteiger charge is -2.09. The summed E-state index contributed by atoms with van der Waals surface area (Å²) in [6, 6.07) is 15.2. The third-order valence-corrected chi connectivity index (χ3v) is 4.51. The molecule has 0 fully saturated rings. The molecule has 2 aromatic rings. The SMILES string of the molecule is Cc1ccc(OCCNS(=O)(=O)Cc2cccc(C)c2)cc1. The lowest BCUT2D eigenvalue weighted by Crippen LogP contribution is -2.29. The summed E-state index contributed by atoms with van der Waals surface area (Å²) in [5.74, 6) is 0.725. The van der Waals surface area contributed by atoms with Gasteiger partial charge in [-0.25, -0.2) is 13.1 Å². The number of aryl methyl sites for hydroxylation is 2. The highest BCUT2D eigenvalue weighted by atomic mass is 32.2. The number of sulfonamides is 1. The maximum Gasteiger partial charge on any atom is 0.215 e. The molecule has 0 spiro atoms. The van der Waals surface area contributed by atoms with Crippen molar-refractivity contribution in [1.29, 1.82) is 0 Å². The Balaban J connectivity index is 1.79. The first-order valence-corrected chi connectivity index (χ1v) is 8.82. The normalized spacial score (nSPS) is 11.4. The van der Waals surface area contributed by atoms with Gasteiger partial charge in [0, 0.05) is 6.54 Å². The van der Waals surface area contributed by atoms with Crippen LogP contribution >= 0.6 is 0 Å². The lowest BCUT2D eigenvalue weighted by molar-refractivity contribution is 0.322. The van der Waals surface area contributed by atoms with Crippen molar-refractivity contribution in [3.05, 3.63) is 65.2 Å².